The van der Waals surface area contributed by atoms with Crippen LogP contribution in [0.3, 0.4) is 0 Å². The minimum absolute atomic E-state index is 0.0349. The van der Waals surface area contributed by atoms with Gasteiger partial charge in [-0.2, -0.15) is 0 Å². The van der Waals surface area contributed by atoms with E-state index in [1.165, 1.54) is 28.6 Å². The second kappa shape index (κ2) is 23.1. The van der Waals surface area contributed by atoms with Crippen molar-refractivity contribution in [3.8, 4) is 0 Å². The van der Waals surface area contributed by atoms with Gasteiger partial charge < -0.3 is 48.7 Å². The van der Waals surface area contributed by atoms with Crippen molar-refractivity contribution in [1.29, 1.82) is 0 Å². The highest BCUT2D eigenvalue weighted by molar-refractivity contribution is 6.39. The SMILES string of the molecule is CCOC1CC(C=C(C)C2OC(=O)C3CCCCN3C(=O)C(=O)C3(O)OC(C(OC)CC(C)C/C(C)=C/C(CC)C(=O)CC(O)C2C)C(OC)CC3C)CCC1Nc1ccc2c(ccn2C2CC2)c1. The summed E-state index contributed by atoms with van der Waals surface area (Å²) in [4.78, 5) is 58.8. The van der Waals surface area contributed by atoms with Crippen LogP contribution in [0.4, 0.5) is 5.69 Å². The Morgan fingerprint density at radius 2 is 1.67 bits per heavy atom. The fourth-order valence-electron chi connectivity index (χ4n) is 11.9. The van der Waals surface area contributed by atoms with Crippen LogP contribution in [0.1, 0.15) is 138 Å². The number of hydrogen-bond donors (Lipinski definition) is 3. The highest BCUT2D eigenvalue weighted by Gasteiger charge is 2.56. The predicted octanol–water partition coefficient (Wildman–Crippen LogP) is 8.27. The zero-order valence-corrected chi connectivity index (χ0v) is 42.7. The van der Waals surface area contributed by atoms with Crippen LogP contribution in [0.2, 0.25) is 0 Å². The minimum atomic E-state index is -2.50. The van der Waals surface area contributed by atoms with Gasteiger partial charge in [0.2, 0.25) is 5.79 Å². The number of benzene rings is 1. The van der Waals surface area contributed by atoms with Crippen LogP contribution < -0.4 is 5.32 Å². The maximum Gasteiger partial charge on any atom is 0.329 e. The van der Waals surface area contributed by atoms with Crippen molar-refractivity contribution in [3.63, 3.8) is 0 Å². The van der Waals surface area contributed by atoms with Gasteiger partial charge in [-0.25, -0.2) is 4.79 Å². The summed E-state index contributed by atoms with van der Waals surface area (Å²) in [5, 5.41) is 29.1. The molecule has 3 aliphatic heterocycles. The van der Waals surface area contributed by atoms with Crippen molar-refractivity contribution < 1.29 is 53.1 Å². The lowest BCUT2D eigenvalue weighted by molar-refractivity contribution is -0.302. The van der Waals surface area contributed by atoms with Crippen molar-refractivity contribution in [1.82, 2.24) is 9.47 Å². The first-order valence-corrected chi connectivity index (χ1v) is 26.1. The second-order valence-corrected chi connectivity index (χ2v) is 21.3. The summed E-state index contributed by atoms with van der Waals surface area (Å²) in [5.41, 5.74) is 4.04. The molecule has 1 amide bonds. The number of Topliss-reactive ketones (excluding diaryl/α,β-unsaturated/α-hetero) is 2. The number of aromatic nitrogens is 1. The molecule has 14 atom stereocenters. The molecular formula is C55H81N3O11. The highest BCUT2D eigenvalue weighted by Crippen LogP contribution is 2.41. The third-order valence-electron chi connectivity index (χ3n) is 16.0. The lowest BCUT2D eigenvalue weighted by Gasteiger charge is -2.47. The summed E-state index contributed by atoms with van der Waals surface area (Å²) in [6.07, 6.45) is 10.1. The molecule has 7 rings (SSSR count). The van der Waals surface area contributed by atoms with Crippen LogP contribution in [0.5, 0.6) is 0 Å². The summed E-state index contributed by atoms with van der Waals surface area (Å²) < 4.78 is 33.4. The van der Waals surface area contributed by atoms with Gasteiger partial charge in [0.1, 0.15) is 24.0 Å². The lowest BCUT2D eigenvalue weighted by atomic mass is 9.80. The molecule has 4 fully saturated rings. The van der Waals surface area contributed by atoms with Gasteiger partial charge in [-0.1, -0.05) is 45.4 Å². The zero-order valence-electron chi connectivity index (χ0n) is 42.7. The van der Waals surface area contributed by atoms with Gasteiger partial charge in [-0.05, 0) is 139 Å². The highest BCUT2D eigenvalue weighted by atomic mass is 16.7. The van der Waals surface area contributed by atoms with E-state index in [-0.39, 0.29) is 55.6 Å². The van der Waals surface area contributed by atoms with Crippen molar-refractivity contribution in [2.24, 2.45) is 29.6 Å². The third kappa shape index (κ3) is 12.1. The van der Waals surface area contributed by atoms with Crippen molar-refractivity contribution in [2.75, 3.05) is 32.7 Å². The first kappa shape index (κ1) is 52.9. The first-order valence-electron chi connectivity index (χ1n) is 26.1. The van der Waals surface area contributed by atoms with E-state index in [1.807, 2.05) is 33.8 Å². The number of ether oxygens (including phenoxy) is 5. The molecule has 14 unspecified atom stereocenters. The van der Waals surface area contributed by atoms with Crippen molar-refractivity contribution in [3.05, 3.63) is 53.8 Å². The van der Waals surface area contributed by atoms with Gasteiger partial charge in [-0.15, -0.1) is 0 Å². The van der Waals surface area contributed by atoms with E-state index in [4.69, 9.17) is 23.7 Å². The van der Waals surface area contributed by atoms with Gasteiger partial charge in [0.25, 0.3) is 11.7 Å². The van der Waals surface area contributed by atoms with Gasteiger partial charge in [-0.3, -0.25) is 14.4 Å². The molecule has 14 heteroatoms. The lowest BCUT2D eigenvalue weighted by Crippen LogP contribution is -2.64. The van der Waals surface area contributed by atoms with E-state index in [0.29, 0.717) is 44.8 Å². The number of piperidine rings is 1. The van der Waals surface area contributed by atoms with E-state index in [2.05, 4.69) is 53.3 Å². The Morgan fingerprint density at radius 1 is 0.928 bits per heavy atom. The molecule has 69 heavy (non-hydrogen) atoms. The number of rotatable bonds is 10. The Kier molecular flexibility index (Phi) is 17.7. The van der Waals surface area contributed by atoms with E-state index in [9.17, 15) is 29.4 Å². The molecule has 2 saturated heterocycles. The van der Waals surface area contributed by atoms with E-state index in [1.54, 1.807) is 28.1 Å². The number of methoxy groups -OCH3 is 2. The Balaban J connectivity index is 1.16. The van der Waals surface area contributed by atoms with Gasteiger partial charge >= 0.3 is 5.97 Å². The molecule has 3 N–H and O–H groups in total. The van der Waals surface area contributed by atoms with E-state index in [0.717, 1.165) is 36.1 Å². The number of amides is 1. The maximum absolute atomic E-state index is 14.6. The van der Waals surface area contributed by atoms with Crippen LogP contribution in [0, 0.1) is 29.6 Å². The molecule has 14 nitrogen and oxygen atoms in total. The fraction of sp³-hybridized carbons (Fsp3) is 0.709. The predicted molar refractivity (Wildman–Crippen MR) is 264 cm³/mol. The summed E-state index contributed by atoms with van der Waals surface area (Å²) in [7, 11) is 3.09. The van der Waals surface area contributed by atoms with E-state index >= 15 is 0 Å². The number of esters is 1. The molecule has 4 heterocycles. The number of nitrogens with zero attached hydrogens (tertiary/aromatic N) is 2. The number of hydrogen-bond acceptors (Lipinski definition) is 12. The fourth-order valence-corrected chi connectivity index (χ4v) is 11.9. The number of cyclic esters (lactones) is 1. The number of carbonyl (C=O) groups excluding carboxylic acids is 4. The molecule has 2 bridgehead atoms. The van der Waals surface area contributed by atoms with Crippen molar-refractivity contribution >= 4 is 40.0 Å². The summed E-state index contributed by atoms with van der Waals surface area (Å²) in [6.45, 7) is 14.0. The van der Waals surface area contributed by atoms with Gasteiger partial charge in [0.15, 0.2) is 0 Å². The monoisotopic (exact) mass is 960 g/mol. The van der Waals surface area contributed by atoms with Crippen LogP contribution in [-0.4, -0.2) is 125 Å². The summed E-state index contributed by atoms with van der Waals surface area (Å²) in [6, 6.07) is 8.32. The largest absolute Gasteiger partial charge is 0.456 e. The molecule has 382 valence electrons. The molecule has 2 aromatic rings. The molecule has 0 radical (unpaired) electrons. The van der Waals surface area contributed by atoms with Gasteiger partial charge in [0, 0.05) is 80.4 Å². The van der Waals surface area contributed by atoms with Crippen LogP contribution in [-0.2, 0) is 42.9 Å². The molecule has 5 aliphatic rings. The normalized spacial score (nSPS) is 37.1. The molecule has 1 aromatic carbocycles. The molecule has 1 aromatic heterocycles. The first-order chi connectivity index (χ1) is 33.0. The number of allylic oxidation sites excluding steroid dienone is 3. The molecule has 2 aliphatic carbocycles. The second-order valence-electron chi connectivity index (χ2n) is 21.3. The summed E-state index contributed by atoms with van der Waals surface area (Å²) in [5.74, 6) is -7.35. The van der Waals surface area contributed by atoms with Crippen molar-refractivity contribution in [2.45, 2.75) is 192 Å². The molecule has 0 spiro atoms. The average molecular weight is 960 g/mol. The number of aliphatic hydroxyl groups is 2. The number of anilines is 1. The Hall–Kier alpha value is -3.92. The quantitative estimate of drug-likeness (QED) is 0.118. The molecular weight excluding hydrogens is 879 g/mol. The van der Waals surface area contributed by atoms with Gasteiger partial charge in [0.05, 0.1) is 30.5 Å². The van der Waals surface area contributed by atoms with Crippen LogP contribution in [0.15, 0.2) is 53.8 Å². The number of carbonyl (C=O) groups is 4. The van der Waals surface area contributed by atoms with E-state index < -0.39 is 77.8 Å². The minimum Gasteiger partial charge on any atom is -0.456 e. The Bertz CT molecular complexity index is 2180. The topological polar surface area (TPSA) is 175 Å². The number of nitrogens with one attached hydrogen (secondary N) is 1. The summed E-state index contributed by atoms with van der Waals surface area (Å²) >= 11 is 0. The maximum atomic E-state index is 14.6. The number of fused-ring (bicyclic) bond motifs is 4. The zero-order chi connectivity index (χ0) is 49.7. The smallest absolute Gasteiger partial charge is 0.329 e. The molecule has 2 saturated carbocycles. The number of aliphatic hydroxyl groups excluding tert-OH is 1. The average Bonchev–Trinajstić information content (AvgIpc) is 4.10. The van der Waals surface area contributed by atoms with Crippen LogP contribution in [0.25, 0.3) is 10.9 Å². The number of ketones is 2. The standard InChI is InChI=1S/C55H81N3O11/c1-10-38-25-32(3)24-33(4)26-48(65-8)51-49(66-9)28-35(6)55(64,69-51)52(61)53(62)58-22-13-12-14-44(58)54(63)68-50(36(7)45(59)31-46(38)60)34(5)27-37-15-19-42(47(29-37)67-11-2)56-40-16-20-43-39(30-40)21-23-57(43)41-17-18-41/h16,20-21,23,25,27,30,33,35-38,41-42,44-45,47-51,56,59,64H,10-15,17-19,22,24,26,28-29,31H2,1-9H3/b32-25+,34-27?. The third-order valence-corrected chi connectivity index (χ3v) is 16.0. The Labute approximate surface area is 409 Å². The Morgan fingerprint density at radius 3 is 2.36 bits per heavy atom. The van der Waals surface area contributed by atoms with Crippen LogP contribution >= 0.6 is 0 Å².